The van der Waals surface area contributed by atoms with E-state index in [9.17, 15) is 9.90 Å². The second kappa shape index (κ2) is 8.71. The molecular formula is C18H28N2O2S. The summed E-state index contributed by atoms with van der Waals surface area (Å²) in [6.45, 7) is 4.83. The summed E-state index contributed by atoms with van der Waals surface area (Å²) in [5.41, 5.74) is 0.449. The van der Waals surface area contributed by atoms with E-state index in [4.69, 9.17) is 0 Å². The minimum atomic E-state index is -0.840. The average molecular weight is 337 g/mol. The van der Waals surface area contributed by atoms with Crippen LogP contribution in [0, 0.1) is 5.92 Å². The van der Waals surface area contributed by atoms with Crippen LogP contribution in [0.1, 0.15) is 25.3 Å². The van der Waals surface area contributed by atoms with E-state index in [1.165, 1.54) is 5.56 Å². The van der Waals surface area contributed by atoms with Gasteiger partial charge in [-0.25, -0.2) is 0 Å². The number of hydrogen-bond donors (Lipinski definition) is 2. The van der Waals surface area contributed by atoms with Gasteiger partial charge in [0.25, 0.3) is 0 Å². The second-order valence-electron chi connectivity index (χ2n) is 6.71. The fraction of sp³-hybridized carbons (Fsp3) is 0.611. The largest absolute Gasteiger partial charge is 0.387 e. The molecule has 1 fully saturated rings. The van der Waals surface area contributed by atoms with Crippen molar-refractivity contribution in [2.75, 3.05) is 31.6 Å². The smallest absolute Gasteiger partial charge is 0.224 e. The first-order chi connectivity index (χ1) is 11.0. The number of rotatable bonds is 7. The highest BCUT2D eigenvalue weighted by Gasteiger charge is 2.27. The summed E-state index contributed by atoms with van der Waals surface area (Å²) in [6, 6.07) is 10.4. The lowest BCUT2D eigenvalue weighted by Gasteiger charge is -2.32. The third-order valence-corrected chi connectivity index (χ3v) is 5.13. The number of thioether (sulfide) groups is 1. The molecule has 1 amide bonds. The van der Waals surface area contributed by atoms with Crippen LogP contribution in [0.2, 0.25) is 0 Å². The number of piperidine rings is 1. The molecule has 0 unspecified atom stereocenters. The van der Waals surface area contributed by atoms with Crippen LogP contribution in [0.25, 0.3) is 0 Å². The maximum absolute atomic E-state index is 12.4. The monoisotopic (exact) mass is 336 g/mol. The molecule has 0 aromatic heterocycles. The van der Waals surface area contributed by atoms with Gasteiger partial charge in [-0.3, -0.25) is 9.69 Å². The van der Waals surface area contributed by atoms with Gasteiger partial charge < -0.3 is 10.4 Å². The predicted octanol–water partition coefficient (Wildman–Crippen LogP) is 2.13. The van der Waals surface area contributed by atoms with Crippen LogP contribution in [-0.2, 0) is 11.3 Å². The molecule has 1 aromatic rings. The van der Waals surface area contributed by atoms with Crippen molar-refractivity contribution in [1.29, 1.82) is 0 Å². The zero-order chi connectivity index (χ0) is 16.7. The van der Waals surface area contributed by atoms with Gasteiger partial charge in [-0.1, -0.05) is 30.3 Å². The Labute approximate surface area is 143 Å². The standard InChI is InChI=1S/C18H28N2O2S/c1-18(22,14-23-2)13-19-17(21)16-9-6-10-20(12-16)11-15-7-4-3-5-8-15/h3-5,7-8,16,22H,6,9-14H2,1-2H3,(H,19,21)/t16-,18+/m0/s1. The summed E-state index contributed by atoms with van der Waals surface area (Å²) in [7, 11) is 0. The van der Waals surface area contributed by atoms with Crippen LogP contribution < -0.4 is 5.32 Å². The van der Waals surface area contributed by atoms with Crippen molar-refractivity contribution in [2.24, 2.45) is 5.92 Å². The fourth-order valence-electron chi connectivity index (χ4n) is 3.04. The quantitative estimate of drug-likeness (QED) is 0.801. The van der Waals surface area contributed by atoms with Gasteiger partial charge in [0.1, 0.15) is 0 Å². The topological polar surface area (TPSA) is 52.6 Å². The highest BCUT2D eigenvalue weighted by atomic mass is 32.2. The number of aliphatic hydroxyl groups is 1. The van der Waals surface area contributed by atoms with Crippen LogP contribution in [0.5, 0.6) is 0 Å². The maximum atomic E-state index is 12.4. The summed E-state index contributed by atoms with van der Waals surface area (Å²) in [4.78, 5) is 14.7. The summed E-state index contributed by atoms with van der Waals surface area (Å²) < 4.78 is 0. The maximum Gasteiger partial charge on any atom is 0.224 e. The Morgan fingerprint density at radius 3 is 2.87 bits per heavy atom. The Morgan fingerprint density at radius 1 is 1.43 bits per heavy atom. The molecule has 5 heteroatoms. The molecule has 2 N–H and O–H groups in total. The SMILES string of the molecule is CSC[C@](C)(O)CNC(=O)[C@H]1CCCN(Cc2ccccc2)C1. The van der Waals surface area contributed by atoms with Crippen molar-refractivity contribution < 1.29 is 9.90 Å². The first kappa shape index (κ1) is 18.3. The molecule has 0 aliphatic carbocycles. The van der Waals surface area contributed by atoms with E-state index >= 15 is 0 Å². The lowest BCUT2D eigenvalue weighted by molar-refractivity contribution is -0.127. The van der Waals surface area contributed by atoms with Crippen LogP contribution >= 0.6 is 11.8 Å². The molecule has 1 aromatic carbocycles. The minimum absolute atomic E-state index is 0.0255. The van der Waals surface area contributed by atoms with E-state index in [0.717, 1.165) is 32.5 Å². The predicted molar refractivity (Wildman–Crippen MR) is 96.5 cm³/mol. The van der Waals surface area contributed by atoms with E-state index < -0.39 is 5.60 Å². The van der Waals surface area contributed by atoms with Gasteiger partial charge in [-0.15, -0.1) is 0 Å². The molecule has 23 heavy (non-hydrogen) atoms. The Bertz CT molecular complexity index is 493. The van der Waals surface area contributed by atoms with Crippen molar-refractivity contribution in [2.45, 2.75) is 31.9 Å². The van der Waals surface area contributed by atoms with E-state index in [1.54, 1.807) is 18.7 Å². The van der Waals surface area contributed by atoms with Gasteiger partial charge in [-0.05, 0) is 38.1 Å². The minimum Gasteiger partial charge on any atom is -0.387 e. The highest BCUT2D eigenvalue weighted by Crippen LogP contribution is 2.19. The van der Waals surface area contributed by atoms with Crippen molar-refractivity contribution >= 4 is 17.7 Å². The number of nitrogens with zero attached hydrogens (tertiary/aromatic N) is 1. The van der Waals surface area contributed by atoms with Gasteiger partial charge >= 0.3 is 0 Å². The molecule has 1 aliphatic heterocycles. The molecule has 0 spiro atoms. The van der Waals surface area contributed by atoms with Gasteiger partial charge in [0.2, 0.25) is 5.91 Å². The summed E-state index contributed by atoms with van der Waals surface area (Å²) in [5.74, 6) is 0.722. The number of carbonyl (C=O) groups excluding carboxylic acids is 1. The molecule has 4 nitrogen and oxygen atoms in total. The Morgan fingerprint density at radius 2 is 2.17 bits per heavy atom. The van der Waals surface area contributed by atoms with Gasteiger partial charge in [0.05, 0.1) is 11.5 Å². The lowest BCUT2D eigenvalue weighted by Crippen LogP contribution is -2.47. The van der Waals surface area contributed by atoms with E-state index in [-0.39, 0.29) is 11.8 Å². The summed E-state index contributed by atoms with van der Waals surface area (Å²) >= 11 is 1.59. The van der Waals surface area contributed by atoms with Gasteiger partial charge in [0, 0.05) is 25.4 Å². The summed E-state index contributed by atoms with van der Waals surface area (Å²) in [5, 5.41) is 13.1. The number of carbonyl (C=O) groups is 1. The third kappa shape index (κ3) is 6.16. The summed E-state index contributed by atoms with van der Waals surface area (Å²) in [6.07, 6.45) is 3.94. The first-order valence-electron chi connectivity index (χ1n) is 8.25. The Balaban J connectivity index is 1.82. The zero-order valence-corrected chi connectivity index (χ0v) is 14.9. The molecule has 1 saturated heterocycles. The number of benzene rings is 1. The number of likely N-dealkylation sites (tertiary alicyclic amines) is 1. The Hall–Kier alpha value is -1.04. The van der Waals surface area contributed by atoms with E-state index in [0.29, 0.717) is 12.3 Å². The molecule has 1 heterocycles. The number of amides is 1. The van der Waals surface area contributed by atoms with Crippen LogP contribution in [0.4, 0.5) is 0 Å². The van der Waals surface area contributed by atoms with Crippen molar-refractivity contribution in [1.82, 2.24) is 10.2 Å². The number of nitrogens with one attached hydrogen (secondary N) is 1. The van der Waals surface area contributed by atoms with E-state index in [1.807, 2.05) is 12.3 Å². The lowest BCUT2D eigenvalue weighted by atomic mass is 9.96. The van der Waals surface area contributed by atoms with Crippen molar-refractivity contribution in [3.05, 3.63) is 35.9 Å². The van der Waals surface area contributed by atoms with Crippen molar-refractivity contribution in [3.63, 3.8) is 0 Å². The fourth-order valence-corrected chi connectivity index (χ4v) is 3.76. The Kier molecular flexibility index (Phi) is 6.93. The highest BCUT2D eigenvalue weighted by molar-refractivity contribution is 7.98. The molecule has 128 valence electrons. The van der Waals surface area contributed by atoms with Gasteiger partial charge in [0.15, 0.2) is 0 Å². The van der Waals surface area contributed by atoms with E-state index in [2.05, 4.69) is 34.5 Å². The molecule has 0 bridgehead atoms. The molecule has 1 aliphatic rings. The van der Waals surface area contributed by atoms with Crippen LogP contribution in [0.3, 0.4) is 0 Å². The zero-order valence-electron chi connectivity index (χ0n) is 14.1. The molecular weight excluding hydrogens is 308 g/mol. The van der Waals surface area contributed by atoms with Gasteiger partial charge in [-0.2, -0.15) is 11.8 Å². The number of hydrogen-bond acceptors (Lipinski definition) is 4. The third-order valence-electron chi connectivity index (χ3n) is 4.22. The molecule has 0 radical (unpaired) electrons. The first-order valence-corrected chi connectivity index (χ1v) is 9.65. The van der Waals surface area contributed by atoms with Crippen molar-refractivity contribution in [3.8, 4) is 0 Å². The average Bonchev–Trinajstić information content (AvgIpc) is 2.54. The normalized spacial score (nSPS) is 21.6. The second-order valence-corrected chi connectivity index (χ2v) is 7.57. The molecule has 0 saturated carbocycles. The van der Waals surface area contributed by atoms with Crippen LogP contribution in [0.15, 0.2) is 30.3 Å². The molecule has 2 atom stereocenters. The van der Waals surface area contributed by atoms with Crippen LogP contribution in [-0.4, -0.2) is 53.2 Å². The molecule has 2 rings (SSSR count).